The molecule has 0 bridgehead atoms. The molecule has 1 atom stereocenters. The Morgan fingerprint density at radius 2 is 1.73 bits per heavy atom. The van der Waals surface area contributed by atoms with Gasteiger partial charge < -0.3 is 4.74 Å². The molecule has 3 heteroatoms. The van der Waals surface area contributed by atoms with Crippen molar-refractivity contribution in [3.63, 3.8) is 0 Å². The standard InChI is InChI=1S/C19H19IO2/c1-14-8-6-9-15(2)18(14)22-19(21)17(20)13-7-12-16-10-4-3-5-11-16/h3-12,17H,13H2,1-2H3/b12-7+. The molecule has 0 heterocycles. The molecule has 114 valence electrons. The first-order chi connectivity index (χ1) is 10.6. The molecule has 0 fully saturated rings. The van der Waals surface area contributed by atoms with Crippen LogP contribution >= 0.6 is 22.6 Å². The van der Waals surface area contributed by atoms with Crippen molar-refractivity contribution in [2.24, 2.45) is 0 Å². The third-order valence-electron chi connectivity index (χ3n) is 3.32. The molecule has 2 rings (SSSR count). The molecule has 2 nitrogen and oxygen atoms in total. The monoisotopic (exact) mass is 406 g/mol. The van der Waals surface area contributed by atoms with Crippen LogP contribution in [0.1, 0.15) is 23.1 Å². The molecule has 0 radical (unpaired) electrons. The molecule has 0 aromatic heterocycles. The molecule has 1 unspecified atom stereocenters. The van der Waals surface area contributed by atoms with Gasteiger partial charge in [-0.1, -0.05) is 83.3 Å². The second-order valence-corrected chi connectivity index (χ2v) is 6.66. The number of para-hydroxylation sites is 1. The maximum atomic E-state index is 12.2. The molecule has 0 aliphatic heterocycles. The molecule has 2 aromatic rings. The lowest BCUT2D eigenvalue weighted by molar-refractivity contribution is -0.133. The summed E-state index contributed by atoms with van der Waals surface area (Å²) in [6.45, 7) is 3.90. The van der Waals surface area contributed by atoms with Gasteiger partial charge in [-0.15, -0.1) is 0 Å². The van der Waals surface area contributed by atoms with Crippen LogP contribution < -0.4 is 4.74 Å². The van der Waals surface area contributed by atoms with Crippen LogP contribution in [-0.4, -0.2) is 9.89 Å². The smallest absolute Gasteiger partial charge is 0.324 e. The van der Waals surface area contributed by atoms with Gasteiger partial charge in [-0.05, 0) is 37.0 Å². The summed E-state index contributed by atoms with van der Waals surface area (Å²) < 4.78 is 5.36. The summed E-state index contributed by atoms with van der Waals surface area (Å²) in [6.07, 6.45) is 4.69. The zero-order chi connectivity index (χ0) is 15.9. The first-order valence-corrected chi connectivity index (χ1v) is 8.46. The molecule has 0 N–H and O–H groups in total. The van der Waals surface area contributed by atoms with E-state index in [1.807, 2.05) is 74.5 Å². The summed E-state index contributed by atoms with van der Waals surface area (Å²) in [5.74, 6) is 0.483. The lowest BCUT2D eigenvalue weighted by Gasteiger charge is -2.12. The van der Waals surface area contributed by atoms with Gasteiger partial charge in [-0.25, -0.2) is 0 Å². The number of hydrogen-bond acceptors (Lipinski definition) is 2. The minimum atomic E-state index is -0.198. The van der Waals surface area contributed by atoms with Gasteiger partial charge in [-0.2, -0.15) is 0 Å². The van der Waals surface area contributed by atoms with Crippen molar-refractivity contribution in [2.75, 3.05) is 0 Å². The number of hydrogen-bond donors (Lipinski definition) is 0. The van der Waals surface area contributed by atoms with E-state index in [0.717, 1.165) is 16.7 Å². The molecule has 0 aliphatic carbocycles. The van der Waals surface area contributed by atoms with Gasteiger partial charge in [0.2, 0.25) is 0 Å². The summed E-state index contributed by atoms with van der Waals surface area (Å²) >= 11 is 2.13. The number of aryl methyl sites for hydroxylation is 2. The van der Waals surface area contributed by atoms with E-state index in [9.17, 15) is 4.79 Å². The number of esters is 1. The SMILES string of the molecule is Cc1cccc(C)c1OC(=O)C(I)C/C=C/c1ccccc1. The fraction of sp³-hybridized carbons (Fsp3) is 0.211. The van der Waals surface area contributed by atoms with Crippen molar-refractivity contribution in [2.45, 2.75) is 24.2 Å². The average Bonchev–Trinajstić information content (AvgIpc) is 2.52. The van der Waals surface area contributed by atoms with Gasteiger partial charge in [0, 0.05) is 0 Å². The van der Waals surface area contributed by atoms with Crippen molar-refractivity contribution in [3.05, 3.63) is 71.3 Å². The third kappa shape index (κ3) is 4.70. The third-order valence-corrected chi connectivity index (χ3v) is 4.34. The number of carbonyl (C=O) groups excluding carboxylic acids is 1. The zero-order valence-corrected chi connectivity index (χ0v) is 14.9. The van der Waals surface area contributed by atoms with Crippen LogP contribution in [0.2, 0.25) is 0 Å². The molecular formula is C19H19IO2. The van der Waals surface area contributed by atoms with E-state index in [1.165, 1.54) is 0 Å². The molecule has 0 spiro atoms. The Morgan fingerprint density at radius 1 is 1.09 bits per heavy atom. The normalized spacial score (nSPS) is 12.3. The van der Waals surface area contributed by atoms with Gasteiger partial charge in [0.15, 0.2) is 0 Å². The van der Waals surface area contributed by atoms with E-state index in [0.29, 0.717) is 12.2 Å². The lowest BCUT2D eigenvalue weighted by atomic mass is 10.1. The molecule has 0 saturated carbocycles. The number of rotatable bonds is 5. The van der Waals surface area contributed by atoms with Crippen LogP contribution in [0.3, 0.4) is 0 Å². The molecule has 0 saturated heterocycles. The highest BCUT2D eigenvalue weighted by atomic mass is 127. The summed E-state index contributed by atoms with van der Waals surface area (Å²) in [6, 6.07) is 15.9. The van der Waals surface area contributed by atoms with E-state index >= 15 is 0 Å². The number of allylic oxidation sites excluding steroid dienone is 1. The Bertz CT molecular complexity index is 642. The number of benzene rings is 2. The van der Waals surface area contributed by atoms with Gasteiger partial charge in [0.1, 0.15) is 9.67 Å². The minimum Gasteiger partial charge on any atom is -0.425 e. The van der Waals surface area contributed by atoms with Gasteiger partial charge in [0.05, 0.1) is 0 Å². The molecule has 22 heavy (non-hydrogen) atoms. The van der Waals surface area contributed by atoms with E-state index in [4.69, 9.17) is 4.74 Å². The van der Waals surface area contributed by atoms with E-state index < -0.39 is 0 Å². The van der Waals surface area contributed by atoms with Crippen LogP contribution in [0, 0.1) is 13.8 Å². The number of alkyl halides is 1. The summed E-state index contributed by atoms with van der Waals surface area (Å²) in [4.78, 5) is 12.2. The number of halogens is 1. The highest BCUT2D eigenvalue weighted by molar-refractivity contribution is 14.1. The first kappa shape index (κ1) is 16.7. The Hall–Kier alpha value is -1.62. The second-order valence-electron chi connectivity index (χ2n) is 5.16. The number of carbonyl (C=O) groups is 1. The maximum Gasteiger partial charge on any atom is 0.324 e. The summed E-state index contributed by atoms with van der Waals surface area (Å²) in [5.41, 5.74) is 3.10. The van der Waals surface area contributed by atoms with Gasteiger partial charge in [0.25, 0.3) is 0 Å². The largest absolute Gasteiger partial charge is 0.425 e. The zero-order valence-electron chi connectivity index (χ0n) is 12.8. The Morgan fingerprint density at radius 3 is 2.36 bits per heavy atom. The quantitative estimate of drug-likeness (QED) is 0.298. The average molecular weight is 406 g/mol. The van der Waals surface area contributed by atoms with Gasteiger partial charge in [-0.3, -0.25) is 4.79 Å². The van der Waals surface area contributed by atoms with Crippen LogP contribution in [0.15, 0.2) is 54.6 Å². The Labute approximate surface area is 145 Å². The maximum absolute atomic E-state index is 12.2. The second kappa shape index (κ2) is 8.13. The molecule has 0 amide bonds. The van der Waals surface area contributed by atoms with E-state index in [2.05, 4.69) is 22.6 Å². The van der Waals surface area contributed by atoms with Crippen molar-refractivity contribution in [1.82, 2.24) is 0 Å². The van der Waals surface area contributed by atoms with Crippen molar-refractivity contribution in [1.29, 1.82) is 0 Å². The van der Waals surface area contributed by atoms with Crippen LogP contribution in [0.4, 0.5) is 0 Å². The van der Waals surface area contributed by atoms with Crippen LogP contribution in [-0.2, 0) is 4.79 Å². The Kier molecular flexibility index (Phi) is 6.19. The lowest BCUT2D eigenvalue weighted by Crippen LogP contribution is -2.20. The van der Waals surface area contributed by atoms with Crippen molar-refractivity contribution >= 4 is 34.6 Å². The van der Waals surface area contributed by atoms with Crippen molar-refractivity contribution in [3.8, 4) is 5.75 Å². The fourth-order valence-electron chi connectivity index (χ4n) is 2.11. The predicted molar refractivity (Wildman–Crippen MR) is 99.5 cm³/mol. The molecule has 2 aromatic carbocycles. The highest BCUT2D eigenvalue weighted by Gasteiger charge is 2.17. The van der Waals surface area contributed by atoms with Crippen LogP contribution in [0.25, 0.3) is 6.08 Å². The number of ether oxygens (including phenoxy) is 1. The predicted octanol–water partition coefficient (Wildman–Crippen LogP) is 5.12. The van der Waals surface area contributed by atoms with Crippen molar-refractivity contribution < 1.29 is 9.53 Å². The fourth-order valence-corrected chi connectivity index (χ4v) is 2.53. The van der Waals surface area contributed by atoms with Crippen LogP contribution in [0.5, 0.6) is 5.75 Å². The van der Waals surface area contributed by atoms with E-state index in [1.54, 1.807) is 0 Å². The minimum absolute atomic E-state index is 0.198. The first-order valence-electron chi connectivity index (χ1n) is 7.21. The molecule has 0 aliphatic rings. The van der Waals surface area contributed by atoms with Gasteiger partial charge >= 0.3 is 5.97 Å². The molecular weight excluding hydrogens is 387 g/mol. The highest BCUT2D eigenvalue weighted by Crippen LogP contribution is 2.24. The summed E-state index contributed by atoms with van der Waals surface area (Å²) in [7, 11) is 0. The summed E-state index contributed by atoms with van der Waals surface area (Å²) in [5, 5.41) is 0. The topological polar surface area (TPSA) is 26.3 Å². The van der Waals surface area contributed by atoms with E-state index in [-0.39, 0.29) is 9.89 Å². The Balaban J connectivity index is 1.94.